The van der Waals surface area contributed by atoms with E-state index in [4.69, 9.17) is 4.52 Å². The zero-order valence-corrected chi connectivity index (χ0v) is 15.9. The van der Waals surface area contributed by atoms with E-state index < -0.39 is 10.0 Å². The van der Waals surface area contributed by atoms with E-state index >= 15 is 0 Å². The van der Waals surface area contributed by atoms with E-state index in [0.29, 0.717) is 17.9 Å². The highest BCUT2D eigenvalue weighted by Gasteiger charge is 2.14. The maximum Gasteiger partial charge on any atom is 0.234 e. The molecule has 144 valence electrons. The lowest BCUT2D eigenvalue weighted by atomic mass is 10.1. The maximum absolute atomic E-state index is 12.2. The summed E-state index contributed by atoms with van der Waals surface area (Å²) in [6, 6.07) is 5.09. The van der Waals surface area contributed by atoms with Crippen LogP contribution in [0.1, 0.15) is 23.4 Å². The summed E-state index contributed by atoms with van der Waals surface area (Å²) in [6.45, 7) is 3.65. The van der Waals surface area contributed by atoms with Gasteiger partial charge >= 0.3 is 0 Å². The molecule has 0 saturated heterocycles. The Labute approximate surface area is 156 Å². The molecule has 0 fully saturated rings. The summed E-state index contributed by atoms with van der Waals surface area (Å²) in [5, 5.41) is 10.5. The van der Waals surface area contributed by atoms with Gasteiger partial charge in [-0.25, -0.2) is 12.9 Å². The molecule has 27 heavy (non-hydrogen) atoms. The topological polar surface area (TPSA) is 119 Å². The Morgan fingerprint density at radius 3 is 2.85 bits per heavy atom. The van der Waals surface area contributed by atoms with Crippen molar-refractivity contribution in [2.75, 3.05) is 17.0 Å². The van der Waals surface area contributed by atoms with Crippen molar-refractivity contribution >= 4 is 27.1 Å². The number of hydrogen-bond donors (Lipinski definition) is 2. The van der Waals surface area contributed by atoms with Crippen LogP contribution in [0.2, 0.25) is 0 Å². The first-order valence-corrected chi connectivity index (χ1v) is 10.1. The number of aromatic nitrogens is 3. The van der Waals surface area contributed by atoms with E-state index in [1.165, 1.54) is 0 Å². The Morgan fingerprint density at radius 2 is 2.11 bits per heavy atom. The fourth-order valence-corrected chi connectivity index (χ4v) is 3.69. The molecule has 3 rings (SSSR count). The summed E-state index contributed by atoms with van der Waals surface area (Å²) in [6.07, 6.45) is 4.05. The Balaban J connectivity index is 1.46. The van der Waals surface area contributed by atoms with Gasteiger partial charge in [-0.05, 0) is 38.5 Å². The summed E-state index contributed by atoms with van der Waals surface area (Å²) in [5.74, 6) is 0.266. The second-order valence-corrected chi connectivity index (χ2v) is 8.03. The quantitative estimate of drug-likeness (QED) is 0.600. The minimum absolute atomic E-state index is 0.0324. The number of pyridine rings is 1. The predicted molar refractivity (Wildman–Crippen MR) is 99.9 cm³/mol. The third-order valence-electron chi connectivity index (χ3n) is 4.15. The summed E-state index contributed by atoms with van der Waals surface area (Å²) in [7, 11) is -3.57. The summed E-state index contributed by atoms with van der Waals surface area (Å²) >= 11 is 0. The molecule has 0 aliphatic heterocycles. The van der Waals surface area contributed by atoms with E-state index in [2.05, 4.69) is 20.3 Å². The molecular formula is C17H21N5O4S. The molecule has 0 radical (unpaired) electrons. The lowest BCUT2D eigenvalue weighted by molar-refractivity contribution is -0.120. The van der Waals surface area contributed by atoms with Crippen LogP contribution >= 0.6 is 0 Å². The molecule has 0 spiro atoms. The molecule has 0 aliphatic carbocycles. The molecule has 1 amide bonds. The number of carbonyl (C=O) groups excluding carboxylic acids is 1. The minimum atomic E-state index is -3.57. The Hall–Kier alpha value is -2.88. The molecule has 2 N–H and O–H groups in total. The molecule has 3 heterocycles. The number of carbonyl (C=O) groups is 1. The van der Waals surface area contributed by atoms with Crippen LogP contribution in [-0.2, 0) is 21.2 Å². The van der Waals surface area contributed by atoms with Crippen LogP contribution in [0.25, 0.3) is 5.52 Å². The van der Waals surface area contributed by atoms with Crippen molar-refractivity contribution in [1.82, 2.24) is 20.1 Å². The van der Waals surface area contributed by atoms with Gasteiger partial charge in [0.2, 0.25) is 15.9 Å². The Morgan fingerprint density at radius 1 is 1.30 bits per heavy atom. The molecule has 0 saturated carbocycles. The number of nitrogens with one attached hydrogen (secondary N) is 2. The SMILES string of the molecule is Cc1noc(C)c1CCC(=O)NCCS(=O)(=O)Nc1ccn2nccc2c1. The van der Waals surface area contributed by atoms with Crippen molar-refractivity contribution in [3.63, 3.8) is 0 Å². The number of aryl methyl sites for hydroxylation is 2. The number of anilines is 1. The summed E-state index contributed by atoms with van der Waals surface area (Å²) in [4.78, 5) is 11.9. The first-order chi connectivity index (χ1) is 12.8. The highest BCUT2D eigenvalue weighted by molar-refractivity contribution is 7.92. The molecule has 10 heteroatoms. The van der Waals surface area contributed by atoms with Gasteiger partial charge in [-0.1, -0.05) is 5.16 Å². The van der Waals surface area contributed by atoms with Gasteiger partial charge in [0.15, 0.2) is 0 Å². The lowest BCUT2D eigenvalue weighted by Gasteiger charge is -2.09. The molecule has 9 nitrogen and oxygen atoms in total. The second-order valence-electron chi connectivity index (χ2n) is 6.19. The van der Waals surface area contributed by atoms with Crippen molar-refractivity contribution < 1.29 is 17.7 Å². The lowest BCUT2D eigenvalue weighted by Crippen LogP contribution is -2.31. The molecule has 0 atom stereocenters. The van der Waals surface area contributed by atoms with Crippen molar-refractivity contribution in [3.8, 4) is 0 Å². The van der Waals surface area contributed by atoms with Gasteiger partial charge in [0.05, 0.1) is 22.7 Å². The number of nitrogens with zero attached hydrogens (tertiary/aromatic N) is 3. The van der Waals surface area contributed by atoms with E-state index in [-0.39, 0.29) is 24.6 Å². The van der Waals surface area contributed by atoms with Crippen LogP contribution in [0.5, 0.6) is 0 Å². The largest absolute Gasteiger partial charge is 0.361 e. The van der Waals surface area contributed by atoms with Gasteiger partial charge in [0.1, 0.15) is 5.76 Å². The van der Waals surface area contributed by atoms with Crippen LogP contribution < -0.4 is 10.0 Å². The molecular weight excluding hydrogens is 370 g/mol. The van der Waals surface area contributed by atoms with Gasteiger partial charge in [0.25, 0.3) is 0 Å². The molecule has 3 aromatic heterocycles. The fourth-order valence-electron chi connectivity index (χ4n) is 2.73. The molecule has 0 aliphatic rings. The Bertz CT molecular complexity index is 1030. The summed E-state index contributed by atoms with van der Waals surface area (Å²) < 4.78 is 33.6. The first-order valence-electron chi connectivity index (χ1n) is 8.46. The van der Waals surface area contributed by atoms with Crippen molar-refractivity contribution in [2.24, 2.45) is 0 Å². The zero-order chi connectivity index (χ0) is 19.4. The first kappa shape index (κ1) is 18.9. The normalized spacial score (nSPS) is 11.6. The second kappa shape index (κ2) is 7.78. The van der Waals surface area contributed by atoms with Crippen molar-refractivity contribution in [2.45, 2.75) is 26.7 Å². The van der Waals surface area contributed by atoms with E-state index in [0.717, 1.165) is 16.8 Å². The number of sulfonamides is 1. The average molecular weight is 391 g/mol. The van der Waals surface area contributed by atoms with Crippen LogP contribution in [0.4, 0.5) is 5.69 Å². The zero-order valence-electron chi connectivity index (χ0n) is 15.1. The highest BCUT2D eigenvalue weighted by Crippen LogP contribution is 2.14. The number of amides is 1. The minimum Gasteiger partial charge on any atom is -0.361 e. The highest BCUT2D eigenvalue weighted by atomic mass is 32.2. The molecule has 0 unspecified atom stereocenters. The third kappa shape index (κ3) is 4.85. The van der Waals surface area contributed by atoms with Crippen LogP contribution in [0.15, 0.2) is 35.1 Å². The van der Waals surface area contributed by atoms with Gasteiger partial charge in [-0.15, -0.1) is 0 Å². The van der Waals surface area contributed by atoms with Gasteiger partial charge in [0, 0.05) is 30.9 Å². The molecule has 0 bridgehead atoms. The van der Waals surface area contributed by atoms with E-state index in [1.54, 1.807) is 42.0 Å². The maximum atomic E-state index is 12.2. The number of hydrogen-bond acceptors (Lipinski definition) is 6. The van der Waals surface area contributed by atoms with Crippen LogP contribution in [-0.4, -0.2) is 41.4 Å². The fraction of sp³-hybridized carbons (Fsp3) is 0.353. The van der Waals surface area contributed by atoms with Gasteiger partial charge < -0.3 is 9.84 Å². The molecule has 3 aromatic rings. The predicted octanol–water partition coefficient (Wildman–Crippen LogP) is 1.43. The average Bonchev–Trinajstić information content (AvgIpc) is 3.19. The Kier molecular flexibility index (Phi) is 5.45. The number of fused-ring (bicyclic) bond motifs is 1. The monoisotopic (exact) mass is 391 g/mol. The molecule has 0 aromatic carbocycles. The van der Waals surface area contributed by atoms with E-state index in [9.17, 15) is 13.2 Å². The van der Waals surface area contributed by atoms with Gasteiger partial charge in [-0.3, -0.25) is 9.52 Å². The summed E-state index contributed by atoms with van der Waals surface area (Å²) in [5.41, 5.74) is 2.91. The van der Waals surface area contributed by atoms with E-state index in [1.807, 2.05) is 6.92 Å². The van der Waals surface area contributed by atoms with Crippen LogP contribution in [0, 0.1) is 13.8 Å². The smallest absolute Gasteiger partial charge is 0.234 e. The van der Waals surface area contributed by atoms with Crippen LogP contribution in [0.3, 0.4) is 0 Å². The number of rotatable bonds is 8. The third-order valence-corrected chi connectivity index (χ3v) is 5.44. The van der Waals surface area contributed by atoms with Gasteiger partial charge in [-0.2, -0.15) is 5.10 Å². The van der Waals surface area contributed by atoms with Crippen molar-refractivity contribution in [1.29, 1.82) is 0 Å². The standard InChI is InChI=1S/C17H21N5O4S/c1-12-16(13(2)26-20-12)3-4-17(23)18-8-10-27(24,25)21-14-6-9-22-15(11-14)5-7-19-22/h5-7,9,11,21H,3-4,8,10H2,1-2H3,(H,18,23). The van der Waals surface area contributed by atoms with Crippen molar-refractivity contribution in [3.05, 3.63) is 47.6 Å².